The lowest BCUT2D eigenvalue weighted by molar-refractivity contribution is -0.137. The Morgan fingerprint density at radius 1 is 1.35 bits per heavy atom. The number of carboxylic acids is 1. The van der Waals surface area contributed by atoms with Crippen molar-refractivity contribution in [3.05, 3.63) is 28.8 Å². The Hall–Kier alpha value is -2.26. The number of amides is 2. The summed E-state index contributed by atoms with van der Waals surface area (Å²) in [5.41, 5.74) is 0.651. The van der Waals surface area contributed by atoms with Gasteiger partial charge in [-0.25, -0.2) is 4.79 Å². The lowest BCUT2D eigenvalue weighted by Gasteiger charge is -2.09. The van der Waals surface area contributed by atoms with Crippen LogP contribution in [0.2, 0.25) is 5.02 Å². The Kier molecular flexibility index (Phi) is 6.33. The molecule has 0 aliphatic carbocycles. The minimum absolute atomic E-state index is 0.0795. The zero-order valence-electron chi connectivity index (χ0n) is 10.6. The summed E-state index contributed by atoms with van der Waals surface area (Å²) in [4.78, 5) is 21.9. The average molecular weight is 296 g/mol. The molecule has 0 saturated carbocycles. The van der Waals surface area contributed by atoms with E-state index in [0.29, 0.717) is 35.7 Å². The fraction of sp³-hybridized carbons (Fsp3) is 0.308. The summed E-state index contributed by atoms with van der Waals surface area (Å²) in [7, 11) is 0. The Morgan fingerprint density at radius 3 is 2.75 bits per heavy atom. The van der Waals surface area contributed by atoms with Crippen molar-refractivity contribution in [3.8, 4) is 6.07 Å². The van der Waals surface area contributed by atoms with Crippen molar-refractivity contribution in [2.75, 3.05) is 11.9 Å². The second-order valence-corrected chi connectivity index (χ2v) is 4.47. The maximum atomic E-state index is 11.6. The molecule has 0 heterocycles. The molecule has 106 valence electrons. The predicted molar refractivity (Wildman–Crippen MR) is 74.7 cm³/mol. The number of nitrogens with zero attached hydrogens (tertiary/aromatic N) is 1. The fourth-order valence-corrected chi connectivity index (χ4v) is 1.66. The summed E-state index contributed by atoms with van der Waals surface area (Å²) in [5, 5.41) is 22.9. The number of unbranched alkanes of at least 4 members (excludes halogenated alkanes) is 1. The lowest BCUT2D eigenvalue weighted by atomic mass is 10.2. The Balaban J connectivity index is 2.41. The molecule has 0 spiro atoms. The molecule has 0 atom stereocenters. The van der Waals surface area contributed by atoms with Crippen molar-refractivity contribution in [1.82, 2.24) is 5.32 Å². The van der Waals surface area contributed by atoms with E-state index in [2.05, 4.69) is 10.6 Å². The third kappa shape index (κ3) is 5.59. The van der Waals surface area contributed by atoms with Crippen LogP contribution in [0, 0.1) is 11.3 Å². The average Bonchev–Trinajstić information content (AvgIpc) is 2.38. The molecule has 2 amide bonds. The Bertz CT molecular complexity index is 540. The van der Waals surface area contributed by atoms with E-state index in [9.17, 15) is 9.59 Å². The first-order valence-corrected chi connectivity index (χ1v) is 6.37. The van der Waals surface area contributed by atoms with E-state index >= 15 is 0 Å². The van der Waals surface area contributed by atoms with Gasteiger partial charge in [0.15, 0.2) is 0 Å². The van der Waals surface area contributed by atoms with Crippen LogP contribution in [0.4, 0.5) is 10.5 Å². The fourth-order valence-electron chi connectivity index (χ4n) is 1.49. The summed E-state index contributed by atoms with van der Waals surface area (Å²) >= 11 is 5.80. The maximum Gasteiger partial charge on any atom is 0.319 e. The summed E-state index contributed by atoms with van der Waals surface area (Å²) in [5.74, 6) is -0.855. The minimum atomic E-state index is -0.855. The smallest absolute Gasteiger partial charge is 0.319 e. The summed E-state index contributed by atoms with van der Waals surface area (Å²) in [6.45, 7) is 0.363. The topological polar surface area (TPSA) is 102 Å². The van der Waals surface area contributed by atoms with Crippen molar-refractivity contribution in [3.63, 3.8) is 0 Å². The highest BCUT2D eigenvalue weighted by molar-refractivity contribution is 6.31. The number of halogens is 1. The summed E-state index contributed by atoms with van der Waals surface area (Å²) in [6, 6.07) is 6.06. The number of carbonyl (C=O) groups is 2. The second-order valence-electron chi connectivity index (χ2n) is 4.03. The van der Waals surface area contributed by atoms with E-state index in [1.54, 1.807) is 6.07 Å². The van der Waals surface area contributed by atoms with Crippen molar-refractivity contribution in [1.29, 1.82) is 5.26 Å². The molecule has 0 radical (unpaired) electrons. The van der Waals surface area contributed by atoms with Crippen molar-refractivity contribution >= 4 is 29.3 Å². The van der Waals surface area contributed by atoms with E-state index in [-0.39, 0.29) is 6.42 Å². The van der Waals surface area contributed by atoms with Crippen LogP contribution < -0.4 is 10.6 Å². The van der Waals surface area contributed by atoms with Crippen LogP contribution in [-0.4, -0.2) is 23.7 Å². The van der Waals surface area contributed by atoms with Gasteiger partial charge in [0, 0.05) is 18.0 Å². The number of hydrogen-bond donors (Lipinski definition) is 3. The Labute approximate surface area is 121 Å². The minimum Gasteiger partial charge on any atom is -0.481 e. The number of rotatable bonds is 6. The standard InChI is InChI=1S/C13H14ClN3O3/c14-10-5-4-9(8-15)11(7-10)17-13(20)16-6-2-1-3-12(18)19/h4-5,7H,1-3,6H2,(H,18,19)(H2,16,17,20). The molecular weight excluding hydrogens is 282 g/mol. The van der Waals surface area contributed by atoms with Crippen LogP contribution in [0.5, 0.6) is 0 Å². The molecule has 1 rings (SSSR count). The van der Waals surface area contributed by atoms with Crippen LogP contribution >= 0.6 is 11.6 Å². The number of nitriles is 1. The van der Waals surface area contributed by atoms with Crippen LogP contribution in [0.3, 0.4) is 0 Å². The second kappa shape index (κ2) is 8.02. The van der Waals surface area contributed by atoms with Crippen LogP contribution in [0.25, 0.3) is 0 Å². The van der Waals surface area contributed by atoms with Gasteiger partial charge in [-0.3, -0.25) is 4.79 Å². The van der Waals surface area contributed by atoms with Crippen molar-refractivity contribution in [2.45, 2.75) is 19.3 Å². The largest absolute Gasteiger partial charge is 0.481 e. The van der Waals surface area contributed by atoms with E-state index in [4.69, 9.17) is 22.0 Å². The van der Waals surface area contributed by atoms with Crippen LogP contribution in [0.1, 0.15) is 24.8 Å². The number of urea groups is 1. The Morgan fingerprint density at radius 2 is 2.10 bits per heavy atom. The zero-order chi connectivity index (χ0) is 15.0. The summed E-state index contributed by atoms with van der Waals surface area (Å²) in [6.07, 6.45) is 1.15. The third-order valence-corrected chi connectivity index (χ3v) is 2.69. The van der Waals surface area contributed by atoms with Gasteiger partial charge in [-0.2, -0.15) is 5.26 Å². The first-order valence-electron chi connectivity index (χ1n) is 5.99. The van der Waals surface area contributed by atoms with Gasteiger partial charge in [0.05, 0.1) is 11.3 Å². The molecule has 0 aliphatic rings. The summed E-state index contributed by atoms with van der Waals surface area (Å²) < 4.78 is 0. The first-order chi connectivity index (χ1) is 9.52. The van der Waals surface area contributed by atoms with Gasteiger partial charge in [-0.05, 0) is 31.0 Å². The number of anilines is 1. The van der Waals surface area contributed by atoms with Gasteiger partial charge in [-0.1, -0.05) is 11.6 Å². The molecular formula is C13H14ClN3O3. The molecule has 0 bridgehead atoms. The van der Waals surface area contributed by atoms with Gasteiger partial charge in [0.25, 0.3) is 0 Å². The molecule has 0 unspecified atom stereocenters. The van der Waals surface area contributed by atoms with E-state index in [1.165, 1.54) is 12.1 Å². The van der Waals surface area contributed by atoms with Crippen molar-refractivity contribution in [2.24, 2.45) is 0 Å². The van der Waals surface area contributed by atoms with Gasteiger partial charge in [-0.15, -0.1) is 0 Å². The van der Waals surface area contributed by atoms with E-state index < -0.39 is 12.0 Å². The van der Waals surface area contributed by atoms with Gasteiger partial charge in [0.2, 0.25) is 0 Å². The maximum absolute atomic E-state index is 11.6. The third-order valence-electron chi connectivity index (χ3n) is 2.45. The number of nitrogens with one attached hydrogen (secondary N) is 2. The van der Waals surface area contributed by atoms with Gasteiger partial charge < -0.3 is 15.7 Å². The molecule has 0 saturated heterocycles. The molecule has 1 aromatic rings. The van der Waals surface area contributed by atoms with E-state index in [0.717, 1.165) is 0 Å². The number of carbonyl (C=O) groups excluding carboxylic acids is 1. The molecule has 0 aromatic heterocycles. The van der Waals surface area contributed by atoms with Crippen molar-refractivity contribution < 1.29 is 14.7 Å². The molecule has 20 heavy (non-hydrogen) atoms. The van der Waals surface area contributed by atoms with E-state index in [1.807, 2.05) is 6.07 Å². The van der Waals surface area contributed by atoms with Crippen LogP contribution in [0.15, 0.2) is 18.2 Å². The molecule has 3 N–H and O–H groups in total. The molecule has 7 heteroatoms. The first kappa shape index (κ1) is 15.8. The predicted octanol–water partition coefficient (Wildman–Crippen LogP) is 2.59. The highest BCUT2D eigenvalue weighted by Crippen LogP contribution is 2.20. The number of hydrogen-bond acceptors (Lipinski definition) is 3. The SMILES string of the molecule is N#Cc1ccc(Cl)cc1NC(=O)NCCCCC(=O)O. The number of benzene rings is 1. The number of carboxylic acid groups (broad SMARTS) is 1. The molecule has 6 nitrogen and oxygen atoms in total. The molecule has 0 aliphatic heterocycles. The van der Waals surface area contributed by atoms with Gasteiger partial charge in [0.1, 0.15) is 6.07 Å². The highest BCUT2D eigenvalue weighted by Gasteiger charge is 2.07. The number of aliphatic carboxylic acids is 1. The molecule has 0 fully saturated rings. The van der Waals surface area contributed by atoms with Gasteiger partial charge >= 0.3 is 12.0 Å². The quantitative estimate of drug-likeness (QED) is 0.702. The highest BCUT2D eigenvalue weighted by atomic mass is 35.5. The lowest BCUT2D eigenvalue weighted by Crippen LogP contribution is -2.29. The zero-order valence-corrected chi connectivity index (χ0v) is 11.4. The monoisotopic (exact) mass is 295 g/mol. The molecule has 1 aromatic carbocycles. The normalized spacial score (nSPS) is 9.60. The van der Waals surface area contributed by atoms with Crippen LogP contribution in [-0.2, 0) is 4.79 Å².